The van der Waals surface area contributed by atoms with Crippen molar-refractivity contribution in [2.45, 2.75) is 44.9 Å². The van der Waals surface area contributed by atoms with Crippen molar-refractivity contribution in [1.29, 1.82) is 0 Å². The molecule has 2 rings (SSSR count). The number of amides is 2. The molecule has 2 amide bonds. The third-order valence-corrected chi connectivity index (χ3v) is 6.13. The van der Waals surface area contributed by atoms with Crippen molar-refractivity contribution in [3.63, 3.8) is 0 Å². The fourth-order valence-electron chi connectivity index (χ4n) is 3.03. The van der Waals surface area contributed by atoms with E-state index < -0.39 is 6.04 Å². The van der Waals surface area contributed by atoms with E-state index >= 15 is 0 Å². The van der Waals surface area contributed by atoms with Gasteiger partial charge in [0.15, 0.2) is 0 Å². The zero-order valence-corrected chi connectivity index (χ0v) is 19.3. The molecule has 0 radical (unpaired) electrons. The van der Waals surface area contributed by atoms with Crippen LogP contribution in [0.25, 0.3) is 0 Å². The van der Waals surface area contributed by atoms with Gasteiger partial charge >= 0.3 is 0 Å². The third kappa shape index (κ3) is 8.41. The number of nitrogens with zero attached hydrogens (tertiary/aromatic N) is 1. The highest BCUT2D eigenvalue weighted by molar-refractivity contribution is 7.99. The first-order valence-electron chi connectivity index (χ1n) is 10.4. The highest BCUT2D eigenvalue weighted by atomic mass is 35.5. The van der Waals surface area contributed by atoms with Gasteiger partial charge in [0.1, 0.15) is 6.04 Å². The summed E-state index contributed by atoms with van der Waals surface area (Å²) in [4.78, 5) is 27.3. The van der Waals surface area contributed by atoms with Crippen molar-refractivity contribution in [3.8, 4) is 0 Å². The van der Waals surface area contributed by atoms with E-state index in [2.05, 4.69) is 12.2 Å². The van der Waals surface area contributed by atoms with Gasteiger partial charge in [-0.15, -0.1) is 11.8 Å². The van der Waals surface area contributed by atoms with Gasteiger partial charge in [-0.2, -0.15) is 0 Å². The Morgan fingerprint density at radius 3 is 2.43 bits per heavy atom. The molecule has 1 atom stereocenters. The average molecular weight is 447 g/mol. The molecular weight excluding hydrogens is 416 g/mol. The Morgan fingerprint density at radius 2 is 1.77 bits per heavy atom. The fourth-order valence-corrected chi connectivity index (χ4v) is 4.02. The SMILES string of the molecule is CCCCNC(=O)C(C)N(CCc1ccccc1)C(=O)CSCc1ccc(Cl)cc1. The minimum absolute atomic E-state index is 0.0111. The number of halogens is 1. The molecule has 2 aromatic rings. The predicted octanol–water partition coefficient (Wildman–Crippen LogP) is 4.95. The van der Waals surface area contributed by atoms with Crippen molar-refractivity contribution < 1.29 is 9.59 Å². The van der Waals surface area contributed by atoms with E-state index in [1.54, 1.807) is 16.7 Å². The Kier molecular flexibility index (Phi) is 10.8. The second-order valence-electron chi connectivity index (χ2n) is 7.26. The Balaban J connectivity index is 1.96. The van der Waals surface area contributed by atoms with Crippen molar-refractivity contribution in [2.75, 3.05) is 18.8 Å². The van der Waals surface area contributed by atoms with Crippen LogP contribution in [0.15, 0.2) is 54.6 Å². The molecular formula is C24H31ClN2O2S. The molecule has 0 saturated heterocycles. The zero-order valence-electron chi connectivity index (χ0n) is 17.8. The predicted molar refractivity (Wildman–Crippen MR) is 127 cm³/mol. The van der Waals surface area contributed by atoms with Crippen molar-refractivity contribution >= 4 is 35.2 Å². The van der Waals surface area contributed by atoms with Gasteiger partial charge in [-0.25, -0.2) is 0 Å². The van der Waals surface area contributed by atoms with Gasteiger partial charge in [-0.05, 0) is 43.0 Å². The molecule has 6 heteroatoms. The number of benzene rings is 2. The lowest BCUT2D eigenvalue weighted by molar-refractivity contribution is -0.137. The minimum atomic E-state index is -0.491. The van der Waals surface area contributed by atoms with Gasteiger partial charge < -0.3 is 10.2 Å². The van der Waals surface area contributed by atoms with Gasteiger partial charge in [-0.3, -0.25) is 9.59 Å². The van der Waals surface area contributed by atoms with E-state index in [1.165, 1.54) is 0 Å². The van der Waals surface area contributed by atoms with Crippen LogP contribution in [0.5, 0.6) is 0 Å². The van der Waals surface area contributed by atoms with Crippen molar-refractivity contribution in [2.24, 2.45) is 0 Å². The van der Waals surface area contributed by atoms with E-state index in [4.69, 9.17) is 11.6 Å². The average Bonchev–Trinajstić information content (AvgIpc) is 2.76. The van der Waals surface area contributed by atoms with E-state index in [-0.39, 0.29) is 11.8 Å². The van der Waals surface area contributed by atoms with E-state index in [0.29, 0.717) is 23.9 Å². The smallest absolute Gasteiger partial charge is 0.242 e. The van der Waals surface area contributed by atoms with Crippen LogP contribution in [0, 0.1) is 0 Å². The standard InChI is InChI=1S/C24H31ClN2O2S/c1-3-4-15-26-24(29)19(2)27(16-14-20-8-6-5-7-9-20)23(28)18-30-17-21-10-12-22(25)13-11-21/h5-13,19H,3-4,14-18H2,1-2H3,(H,26,29). The third-order valence-electron chi connectivity index (χ3n) is 4.89. The molecule has 4 nitrogen and oxygen atoms in total. The molecule has 0 aliphatic rings. The summed E-state index contributed by atoms with van der Waals surface area (Å²) in [6, 6.07) is 17.2. The normalized spacial score (nSPS) is 11.7. The number of thioether (sulfide) groups is 1. The highest BCUT2D eigenvalue weighted by Gasteiger charge is 2.25. The van der Waals surface area contributed by atoms with Crippen LogP contribution >= 0.6 is 23.4 Å². The first-order valence-corrected chi connectivity index (χ1v) is 12.0. The topological polar surface area (TPSA) is 49.4 Å². The molecule has 1 unspecified atom stereocenters. The number of unbranched alkanes of at least 4 members (excludes halogenated alkanes) is 1. The molecule has 162 valence electrons. The Labute approximate surface area is 189 Å². The van der Waals surface area contributed by atoms with Gasteiger partial charge in [0.2, 0.25) is 11.8 Å². The molecule has 0 aliphatic carbocycles. The maximum atomic E-state index is 13.0. The molecule has 0 bridgehead atoms. The number of nitrogens with one attached hydrogen (secondary N) is 1. The van der Waals surface area contributed by atoms with Gasteiger partial charge in [0.25, 0.3) is 0 Å². The summed E-state index contributed by atoms with van der Waals surface area (Å²) in [7, 11) is 0. The van der Waals surface area contributed by atoms with E-state index in [9.17, 15) is 9.59 Å². The Hall–Kier alpha value is -1.98. The molecule has 2 aromatic carbocycles. The van der Waals surface area contributed by atoms with Crippen molar-refractivity contribution in [3.05, 3.63) is 70.7 Å². The molecule has 0 heterocycles. The van der Waals surface area contributed by atoms with Crippen LogP contribution in [0.4, 0.5) is 0 Å². The summed E-state index contributed by atoms with van der Waals surface area (Å²) < 4.78 is 0. The van der Waals surface area contributed by atoms with Crippen LogP contribution in [0.1, 0.15) is 37.8 Å². The quantitative estimate of drug-likeness (QED) is 0.469. The van der Waals surface area contributed by atoms with Crippen molar-refractivity contribution in [1.82, 2.24) is 10.2 Å². The molecule has 0 aliphatic heterocycles. The molecule has 0 saturated carbocycles. The first-order chi connectivity index (χ1) is 14.5. The minimum Gasteiger partial charge on any atom is -0.354 e. The largest absolute Gasteiger partial charge is 0.354 e. The highest BCUT2D eigenvalue weighted by Crippen LogP contribution is 2.17. The maximum Gasteiger partial charge on any atom is 0.242 e. The van der Waals surface area contributed by atoms with Crippen LogP contribution < -0.4 is 5.32 Å². The lowest BCUT2D eigenvalue weighted by atomic mass is 10.1. The summed E-state index contributed by atoms with van der Waals surface area (Å²) in [5, 5.41) is 3.66. The summed E-state index contributed by atoms with van der Waals surface area (Å²) in [6.07, 6.45) is 2.68. The lowest BCUT2D eigenvalue weighted by Crippen LogP contribution is -2.49. The summed E-state index contributed by atoms with van der Waals surface area (Å²) >= 11 is 7.48. The second-order valence-corrected chi connectivity index (χ2v) is 8.68. The van der Waals surface area contributed by atoms with Gasteiger partial charge in [0.05, 0.1) is 5.75 Å². The van der Waals surface area contributed by atoms with Gasteiger partial charge in [0, 0.05) is 23.9 Å². The summed E-state index contributed by atoms with van der Waals surface area (Å²) in [6.45, 7) is 5.07. The van der Waals surface area contributed by atoms with Crippen LogP contribution in [-0.4, -0.2) is 41.6 Å². The number of carbonyl (C=O) groups is 2. The summed E-state index contributed by atoms with van der Waals surface area (Å²) in [5.74, 6) is 0.965. The van der Waals surface area contributed by atoms with Gasteiger partial charge in [-0.1, -0.05) is 67.4 Å². The number of hydrogen-bond donors (Lipinski definition) is 1. The molecule has 0 spiro atoms. The fraction of sp³-hybridized carbons (Fsp3) is 0.417. The lowest BCUT2D eigenvalue weighted by Gasteiger charge is -2.28. The Bertz CT molecular complexity index is 784. The second kappa shape index (κ2) is 13.3. The molecule has 1 N–H and O–H groups in total. The number of carbonyl (C=O) groups excluding carboxylic acids is 2. The molecule has 0 aromatic heterocycles. The van der Waals surface area contributed by atoms with Crippen LogP contribution in [0.2, 0.25) is 5.02 Å². The number of rotatable bonds is 12. The first kappa shape index (κ1) is 24.3. The maximum absolute atomic E-state index is 13.0. The monoisotopic (exact) mass is 446 g/mol. The summed E-state index contributed by atoms with van der Waals surface area (Å²) in [5.41, 5.74) is 2.28. The van der Waals surface area contributed by atoms with Crippen LogP contribution in [-0.2, 0) is 21.8 Å². The molecule has 30 heavy (non-hydrogen) atoms. The number of hydrogen-bond acceptors (Lipinski definition) is 3. The Morgan fingerprint density at radius 1 is 1.07 bits per heavy atom. The molecule has 0 fully saturated rings. The van der Waals surface area contributed by atoms with E-state index in [0.717, 1.165) is 36.1 Å². The zero-order chi connectivity index (χ0) is 21.8. The van der Waals surface area contributed by atoms with E-state index in [1.807, 2.05) is 61.5 Å². The van der Waals surface area contributed by atoms with Crippen LogP contribution in [0.3, 0.4) is 0 Å².